The quantitative estimate of drug-likeness (QED) is 0.689. The first-order valence-corrected chi connectivity index (χ1v) is 9.59. The number of nitrogens with zero attached hydrogens (tertiary/aromatic N) is 5. The van der Waals surface area contributed by atoms with Crippen molar-refractivity contribution < 1.29 is 4.42 Å². The monoisotopic (exact) mass is 369 g/mol. The van der Waals surface area contributed by atoms with Crippen LogP contribution in [0.2, 0.25) is 0 Å². The molecular formula is C19H23N5OS. The molecule has 0 bridgehead atoms. The SMILES string of the molecule is CN1CCN(Cc2ccc(Sc3nncn3C)o2)CC1c1ccccc1. The zero-order valence-corrected chi connectivity index (χ0v) is 15.9. The first-order chi connectivity index (χ1) is 12.7. The maximum absolute atomic E-state index is 6.01. The Morgan fingerprint density at radius 2 is 1.96 bits per heavy atom. The summed E-state index contributed by atoms with van der Waals surface area (Å²) in [4.78, 5) is 4.90. The van der Waals surface area contributed by atoms with E-state index >= 15 is 0 Å². The highest BCUT2D eigenvalue weighted by molar-refractivity contribution is 7.99. The highest BCUT2D eigenvalue weighted by Gasteiger charge is 2.26. The molecule has 1 aliphatic heterocycles. The number of furan rings is 1. The molecule has 1 aliphatic rings. The van der Waals surface area contributed by atoms with Crippen molar-refractivity contribution in [2.24, 2.45) is 7.05 Å². The summed E-state index contributed by atoms with van der Waals surface area (Å²) >= 11 is 1.50. The van der Waals surface area contributed by atoms with Crippen LogP contribution in [0.1, 0.15) is 17.4 Å². The van der Waals surface area contributed by atoms with Gasteiger partial charge in [-0.1, -0.05) is 30.3 Å². The Morgan fingerprint density at radius 1 is 1.12 bits per heavy atom. The number of rotatable bonds is 5. The van der Waals surface area contributed by atoms with Crippen molar-refractivity contribution in [1.82, 2.24) is 24.6 Å². The number of likely N-dealkylation sites (N-methyl/N-ethyl adjacent to an activating group) is 1. The van der Waals surface area contributed by atoms with Crippen LogP contribution in [-0.2, 0) is 13.6 Å². The second kappa shape index (κ2) is 7.65. The minimum atomic E-state index is 0.424. The summed E-state index contributed by atoms with van der Waals surface area (Å²) in [5, 5.41) is 9.67. The zero-order chi connectivity index (χ0) is 17.9. The van der Waals surface area contributed by atoms with E-state index in [9.17, 15) is 0 Å². The van der Waals surface area contributed by atoms with E-state index in [1.807, 2.05) is 17.7 Å². The number of hydrogen-bond acceptors (Lipinski definition) is 6. The van der Waals surface area contributed by atoms with E-state index in [4.69, 9.17) is 4.42 Å². The molecule has 1 saturated heterocycles. The third kappa shape index (κ3) is 3.85. The lowest BCUT2D eigenvalue weighted by Crippen LogP contribution is -2.46. The highest BCUT2D eigenvalue weighted by atomic mass is 32.2. The molecule has 3 aromatic rings. The van der Waals surface area contributed by atoms with Gasteiger partial charge in [0.2, 0.25) is 0 Å². The van der Waals surface area contributed by atoms with E-state index in [2.05, 4.69) is 63.4 Å². The predicted octanol–water partition coefficient (Wildman–Crippen LogP) is 3.05. The van der Waals surface area contributed by atoms with Crippen molar-refractivity contribution in [2.45, 2.75) is 22.8 Å². The van der Waals surface area contributed by atoms with Crippen LogP contribution in [-0.4, -0.2) is 51.2 Å². The molecule has 136 valence electrons. The maximum atomic E-state index is 6.01. The fourth-order valence-corrected chi connectivity index (χ4v) is 4.03. The average Bonchev–Trinajstić information content (AvgIpc) is 3.27. The Bertz CT molecular complexity index is 847. The summed E-state index contributed by atoms with van der Waals surface area (Å²) in [5.41, 5.74) is 1.37. The first-order valence-electron chi connectivity index (χ1n) is 8.77. The Balaban J connectivity index is 1.40. The fourth-order valence-electron chi connectivity index (χ4n) is 3.28. The van der Waals surface area contributed by atoms with E-state index in [1.165, 1.54) is 17.3 Å². The van der Waals surface area contributed by atoms with E-state index in [1.54, 1.807) is 6.33 Å². The van der Waals surface area contributed by atoms with E-state index in [0.29, 0.717) is 6.04 Å². The van der Waals surface area contributed by atoms with Crippen molar-refractivity contribution in [3.63, 3.8) is 0 Å². The molecule has 0 radical (unpaired) electrons. The average molecular weight is 369 g/mol. The standard InChI is InChI=1S/C19H23N5OS/c1-22-10-11-24(13-17(22)15-6-4-3-5-7-15)12-16-8-9-18(25-16)26-19-21-20-14-23(19)2/h3-9,14,17H,10-13H2,1-2H3. The second-order valence-electron chi connectivity index (χ2n) is 6.69. The van der Waals surface area contributed by atoms with Crippen LogP contribution < -0.4 is 0 Å². The second-order valence-corrected chi connectivity index (χ2v) is 7.66. The van der Waals surface area contributed by atoms with Crippen LogP contribution in [0.3, 0.4) is 0 Å². The van der Waals surface area contributed by atoms with Crippen molar-refractivity contribution in [2.75, 3.05) is 26.7 Å². The van der Waals surface area contributed by atoms with Gasteiger partial charge >= 0.3 is 0 Å². The minimum absolute atomic E-state index is 0.424. The van der Waals surface area contributed by atoms with Gasteiger partial charge in [0.25, 0.3) is 0 Å². The van der Waals surface area contributed by atoms with Crippen LogP contribution in [0.4, 0.5) is 0 Å². The third-order valence-corrected chi connectivity index (χ3v) is 5.77. The van der Waals surface area contributed by atoms with Gasteiger partial charge in [0, 0.05) is 32.7 Å². The molecule has 0 aliphatic carbocycles. The molecule has 0 spiro atoms. The smallest absolute Gasteiger partial charge is 0.198 e. The van der Waals surface area contributed by atoms with Crippen molar-refractivity contribution in [1.29, 1.82) is 0 Å². The topological polar surface area (TPSA) is 50.3 Å². The van der Waals surface area contributed by atoms with Gasteiger partial charge in [-0.25, -0.2) is 0 Å². The van der Waals surface area contributed by atoms with Gasteiger partial charge in [-0.15, -0.1) is 10.2 Å². The van der Waals surface area contributed by atoms with Gasteiger partial charge in [0.05, 0.1) is 6.54 Å². The summed E-state index contributed by atoms with van der Waals surface area (Å²) in [6, 6.07) is 15.2. The molecule has 0 N–H and O–H groups in total. The lowest BCUT2D eigenvalue weighted by Gasteiger charge is -2.39. The highest BCUT2D eigenvalue weighted by Crippen LogP contribution is 2.29. The van der Waals surface area contributed by atoms with Crippen molar-refractivity contribution in [3.05, 3.63) is 60.1 Å². The van der Waals surface area contributed by atoms with Gasteiger partial charge < -0.3 is 8.98 Å². The zero-order valence-electron chi connectivity index (χ0n) is 15.1. The van der Waals surface area contributed by atoms with E-state index in [0.717, 1.165) is 42.2 Å². The Morgan fingerprint density at radius 3 is 2.73 bits per heavy atom. The van der Waals surface area contributed by atoms with Crippen LogP contribution in [0, 0.1) is 0 Å². The van der Waals surface area contributed by atoms with Crippen LogP contribution in [0.15, 0.2) is 63.5 Å². The normalized spacial score (nSPS) is 19.1. The molecule has 0 saturated carbocycles. The summed E-state index contributed by atoms with van der Waals surface area (Å²) in [6.07, 6.45) is 1.69. The molecule has 7 heteroatoms. The molecule has 6 nitrogen and oxygen atoms in total. The molecule has 1 atom stereocenters. The fraction of sp³-hybridized carbons (Fsp3) is 0.368. The van der Waals surface area contributed by atoms with Gasteiger partial charge in [0.1, 0.15) is 12.1 Å². The van der Waals surface area contributed by atoms with Gasteiger partial charge in [-0.2, -0.15) is 0 Å². The first kappa shape index (κ1) is 17.3. The van der Waals surface area contributed by atoms with Gasteiger partial charge in [0.15, 0.2) is 10.2 Å². The van der Waals surface area contributed by atoms with Gasteiger partial charge in [-0.3, -0.25) is 9.80 Å². The molecule has 4 rings (SSSR count). The molecule has 1 aromatic carbocycles. The lowest BCUT2D eigenvalue weighted by atomic mass is 10.0. The minimum Gasteiger partial charge on any atom is -0.453 e. The number of piperazine rings is 1. The van der Waals surface area contributed by atoms with Crippen molar-refractivity contribution in [3.8, 4) is 0 Å². The number of hydrogen-bond donors (Lipinski definition) is 0. The summed E-state index contributed by atoms with van der Waals surface area (Å²) in [6.45, 7) is 3.94. The summed E-state index contributed by atoms with van der Waals surface area (Å²) in [5.74, 6) is 0.992. The van der Waals surface area contributed by atoms with E-state index < -0.39 is 0 Å². The molecular weight excluding hydrogens is 346 g/mol. The number of benzene rings is 1. The molecule has 3 heterocycles. The molecule has 1 unspecified atom stereocenters. The number of aryl methyl sites for hydroxylation is 1. The Labute approximate surface area is 157 Å². The van der Waals surface area contributed by atoms with Crippen LogP contribution in [0.25, 0.3) is 0 Å². The summed E-state index contributed by atoms with van der Waals surface area (Å²) in [7, 11) is 4.14. The Kier molecular flexibility index (Phi) is 5.10. The largest absolute Gasteiger partial charge is 0.453 e. The summed E-state index contributed by atoms with van der Waals surface area (Å²) < 4.78 is 7.90. The van der Waals surface area contributed by atoms with Crippen LogP contribution in [0.5, 0.6) is 0 Å². The lowest BCUT2D eigenvalue weighted by molar-refractivity contribution is 0.0846. The third-order valence-electron chi connectivity index (χ3n) is 4.79. The van der Waals surface area contributed by atoms with E-state index in [-0.39, 0.29) is 0 Å². The molecule has 1 fully saturated rings. The Hall–Kier alpha value is -2.09. The van der Waals surface area contributed by atoms with Crippen molar-refractivity contribution >= 4 is 11.8 Å². The van der Waals surface area contributed by atoms with Gasteiger partial charge in [-0.05, 0) is 36.5 Å². The molecule has 2 aromatic heterocycles. The predicted molar refractivity (Wildman–Crippen MR) is 101 cm³/mol. The molecule has 0 amide bonds. The number of aromatic nitrogens is 3. The van der Waals surface area contributed by atoms with Crippen LogP contribution >= 0.6 is 11.8 Å². The molecule has 26 heavy (non-hydrogen) atoms. The maximum Gasteiger partial charge on any atom is 0.198 e.